The van der Waals surface area contributed by atoms with Crippen molar-refractivity contribution in [3.05, 3.63) is 77.7 Å². The molecule has 44 heavy (non-hydrogen) atoms. The third kappa shape index (κ3) is 5.95. The zero-order valence-electron chi connectivity index (χ0n) is 23.9. The lowest BCUT2D eigenvalue weighted by Gasteiger charge is -2.25. The van der Waals surface area contributed by atoms with Gasteiger partial charge in [-0.1, -0.05) is 47.4 Å². The van der Waals surface area contributed by atoms with Gasteiger partial charge in [-0.15, -0.1) is 5.10 Å². The summed E-state index contributed by atoms with van der Waals surface area (Å²) in [6, 6.07) is 12.2. The Morgan fingerprint density at radius 1 is 1.16 bits per heavy atom. The molecule has 4 atom stereocenters. The number of anilines is 4. The lowest BCUT2D eigenvalue weighted by molar-refractivity contribution is -0.123. The van der Waals surface area contributed by atoms with E-state index in [1.54, 1.807) is 31.3 Å². The number of pyridine rings is 1. The molecule has 2 aromatic carbocycles. The number of hydrogen-bond donors (Lipinski definition) is 3. The molecule has 6 rings (SSSR count). The number of hydrogen-bond acceptors (Lipinski definition) is 10. The van der Waals surface area contributed by atoms with E-state index in [2.05, 4.69) is 41.5 Å². The summed E-state index contributed by atoms with van der Waals surface area (Å²) < 4.78 is 19.9. The Hall–Kier alpha value is -4.91. The normalized spacial score (nSPS) is 21.5. The van der Waals surface area contributed by atoms with Crippen molar-refractivity contribution in [2.75, 3.05) is 15.6 Å². The van der Waals surface area contributed by atoms with Gasteiger partial charge in [0, 0.05) is 23.4 Å². The standard InChI is InChI=1S/C30H29ClFN9O3/c1-16-5-3-7-22(36-29(43)27-17(2)41(40-38-27)25-8-4-6-21(31)26(25)32)24-13-18(11-12-33-24)20-10-9-19(14-23(20)37-28(16)42)35-30-39-34-15-44-30/h4,6,8-17,22,27H,3,5,7H2,1-2H3,(H,35,39)(H,36,43)(H,37,42). The van der Waals surface area contributed by atoms with Crippen molar-refractivity contribution in [1.82, 2.24) is 20.5 Å². The first kappa shape index (κ1) is 29.2. The monoisotopic (exact) mass is 617 g/mol. The smallest absolute Gasteiger partial charge is 0.319 e. The van der Waals surface area contributed by atoms with Gasteiger partial charge in [0.05, 0.1) is 34.2 Å². The number of rotatable bonds is 5. The van der Waals surface area contributed by atoms with Gasteiger partial charge in [0.25, 0.3) is 0 Å². The zero-order valence-corrected chi connectivity index (χ0v) is 24.6. The van der Waals surface area contributed by atoms with Gasteiger partial charge in [-0.25, -0.2) is 9.40 Å². The van der Waals surface area contributed by atoms with Crippen LogP contribution in [0.15, 0.2) is 75.9 Å². The molecule has 0 aliphatic carbocycles. The molecule has 226 valence electrons. The third-order valence-corrected chi connectivity index (χ3v) is 8.09. The van der Waals surface area contributed by atoms with E-state index < -0.39 is 23.9 Å². The maximum atomic E-state index is 14.7. The van der Waals surface area contributed by atoms with E-state index in [4.69, 9.17) is 16.0 Å². The van der Waals surface area contributed by atoms with E-state index in [-0.39, 0.29) is 34.5 Å². The van der Waals surface area contributed by atoms with Gasteiger partial charge < -0.3 is 20.4 Å². The van der Waals surface area contributed by atoms with Crippen molar-refractivity contribution in [3.63, 3.8) is 0 Å². The van der Waals surface area contributed by atoms with Crippen LogP contribution in [0.4, 0.5) is 27.5 Å². The molecular formula is C30H29ClFN9O3. The number of halogens is 2. The van der Waals surface area contributed by atoms with E-state index in [0.29, 0.717) is 36.3 Å². The Labute approximate surface area is 257 Å². The molecule has 0 radical (unpaired) electrons. The average Bonchev–Trinajstić information content (AvgIpc) is 3.67. The minimum atomic E-state index is -0.881. The molecule has 2 aliphatic rings. The summed E-state index contributed by atoms with van der Waals surface area (Å²) in [7, 11) is 0. The van der Waals surface area contributed by atoms with Crippen LogP contribution in [0.1, 0.15) is 44.8 Å². The third-order valence-electron chi connectivity index (χ3n) is 7.79. The van der Waals surface area contributed by atoms with Crippen molar-refractivity contribution < 1.29 is 18.4 Å². The van der Waals surface area contributed by atoms with Crippen molar-refractivity contribution in [1.29, 1.82) is 0 Å². The number of carbonyl (C=O) groups excluding carboxylic acids is 2. The molecule has 3 N–H and O–H groups in total. The first-order valence-corrected chi connectivity index (χ1v) is 14.5. The van der Waals surface area contributed by atoms with Crippen LogP contribution >= 0.6 is 11.6 Å². The maximum Gasteiger partial charge on any atom is 0.319 e. The fourth-order valence-electron chi connectivity index (χ4n) is 5.33. The van der Waals surface area contributed by atoms with Gasteiger partial charge in [-0.2, -0.15) is 5.11 Å². The molecule has 0 saturated heterocycles. The van der Waals surface area contributed by atoms with E-state index in [1.165, 1.54) is 17.5 Å². The SMILES string of the molecule is CC1CCCC(NC(=O)C2N=NN(c3cccc(Cl)c3F)C2C)c2cc(ccn2)-c2ccc(Nc3nnco3)cc2NC1=O. The molecule has 4 heterocycles. The molecule has 2 bridgehead atoms. The number of fused-ring (bicyclic) bond motifs is 4. The lowest BCUT2D eigenvalue weighted by atomic mass is 9.95. The molecule has 2 amide bonds. The van der Waals surface area contributed by atoms with Crippen LogP contribution in [0.3, 0.4) is 0 Å². The Balaban J connectivity index is 1.27. The van der Waals surface area contributed by atoms with Gasteiger partial charge in [0.2, 0.25) is 18.2 Å². The number of aromatic nitrogens is 3. The Morgan fingerprint density at radius 3 is 2.84 bits per heavy atom. The van der Waals surface area contributed by atoms with Crippen LogP contribution in [0.2, 0.25) is 5.02 Å². The second-order valence-electron chi connectivity index (χ2n) is 10.8. The summed E-state index contributed by atoms with van der Waals surface area (Å²) in [5, 5.41) is 26.3. The van der Waals surface area contributed by atoms with E-state index in [0.717, 1.165) is 11.1 Å². The summed E-state index contributed by atoms with van der Waals surface area (Å²) in [5.74, 6) is -1.40. The molecular weight excluding hydrogens is 589 g/mol. The van der Waals surface area contributed by atoms with Gasteiger partial charge >= 0.3 is 6.01 Å². The molecule has 2 aliphatic heterocycles. The highest BCUT2D eigenvalue weighted by molar-refractivity contribution is 6.31. The maximum absolute atomic E-state index is 14.7. The number of amides is 2. The van der Waals surface area contributed by atoms with Crippen molar-refractivity contribution in [2.45, 2.75) is 51.2 Å². The van der Waals surface area contributed by atoms with Gasteiger partial charge in [0.15, 0.2) is 11.9 Å². The number of nitrogens with zero attached hydrogens (tertiary/aromatic N) is 6. The zero-order chi connectivity index (χ0) is 30.8. The van der Waals surface area contributed by atoms with Gasteiger partial charge in [-0.3, -0.25) is 14.6 Å². The molecule has 2 aromatic heterocycles. The van der Waals surface area contributed by atoms with E-state index in [1.807, 2.05) is 31.2 Å². The van der Waals surface area contributed by atoms with Crippen LogP contribution in [-0.4, -0.2) is 39.1 Å². The van der Waals surface area contributed by atoms with Crippen molar-refractivity contribution in [2.24, 2.45) is 16.3 Å². The Bertz CT molecular complexity index is 1720. The highest BCUT2D eigenvalue weighted by atomic mass is 35.5. The summed E-state index contributed by atoms with van der Waals surface area (Å²) in [5.41, 5.74) is 3.63. The fraction of sp³-hybridized carbons (Fsp3) is 0.300. The summed E-state index contributed by atoms with van der Waals surface area (Å²) >= 11 is 5.97. The molecule has 0 spiro atoms. The molecule has 14 heteroatoms. The minimum absolute atomic E-state index is 0.0409. The second-order valence-corrected chi connectivity index (χ2v) is 11.2. The van der Waals surface area contributed by atoms with Crippen LogP contribution in [-0.2, 0) is 9.59 Å². The number of carbonyl (C=O) groups is 2. The van der Waals surface area contributed by atoms with E-state index in [9.17, 15) is 14.0 Å². The quantitative estimate of drug-likeness (QED) is 0.239. The number of nitrogens with one attached hydrogen (secondary N) is 3. The Kier molecular flexibility index (Phi) is 8.20. The molecule has 0 fully saturated rings. The minimum Gasteiger partial charge on any atom is -0.411 e. The molecule has 4 unspecified atom stereocenters. The first-order valence-electron chi connectivity index (χ1n) is 14.2. The van der Waals surface area contributed by atoms with E-state index >= 15 is 0 Å². The fourth-order valence-corrected chi connectivity index (χ4v) is 5.50. The van der Waals surface area contributed by atoms with Crippen LogP contribution in [0.25, 0.3) is 11.1 Å². The van der Waals surface area contributed by atoms with Gasteiger partial charge in [-0.05, 0) is 61.7 Å². The van der Waals surface area contributed by atoms with Gasteiger partial charge in [0.1, 0.15) is 0 Å². The topological polar surface area (TPSA) is 150 Å². The predicted octanol–water partition coefficient (Wildman–Crippen LogP) is 6.23. The first-order chi connectivity index (χ1) is 21.3. The number of benzene rings is 2. The summed E-state index contributed by atoms with van der Waals surface area (Å²) in [6.45, 7) is 3.62. The summed E-state index contributed by atoms with van der Waals surface area (Å²) in [6.07, 6.45) is 4.69. The average molecular weight is 618 g/mol. The second kappa shape index (κ2) is 12.4. The molecule has 12 nitrogen and oxygen atoms in total. The molecule has 4 aromatic rings. The Morgan fingerprint density at radius 2 is 2.02 bits per heavy atom. The largest absolute Gasteiger partial charge is 0.411 e. The molecule has 0 saturated carbocycles. The highest BCUT2D eigenvalue weighted by Crippen LogP contribution is 2.35. The predicted molar refractivity (Wildman–Crippen MR) is 162 cm³/mol. The van der Waals surface area contributed by atoms with Crippen LogP contribution < -0.4 is 21.0 Å². The van der Waals surface area contributed by atoms with Crippen LogP contribution in [0, 0.1) is 11.7 Å². The van der Waals surface area contributed by atoms with Crippen molar-refractivity contribution >= 4 is 46.5 Å². The van der Waals surface area contributed by atoms with Crippen molar-refractivity contribution in [3.8, 4) is 11.1 Å². The lowest BCUT2D eigenvalue weighted by Crippen LogP contribution is -2.44. The highest BCUT2D eigenvalue weighted by Gasteiger charge is 2.37. The summed E-state index contributed by atoms with van der Waals surface area (Å²) in [4.78, 5) is 31.4. The van der Waals surface area contributed by atoms with Crippen LogP contribution in [0.5, 0.6) is 0 Å².